The van der Waals surface area contributed by atoms with Gasteiger partial charge in [-0.2, -0.15) is 4.31 Å². The second-order valence-corrected chi connectivity index (χ2v) is 8.66. The van der Waals surface area contributed by atoms with Gasteiger partial charge in [0.15, 0.2) is 0 Å². The zero-order valence-corrected chi connectivity index (χ0v) is 17.1. The van der Waals surface area contributed by atoms with Gasteiger partial charge in [0.2, 0.25) is 10.0 Å². The van der Waals surface area contributed by atoms with E-state index in [2.05, 4.69) is 10.3 Å². The van der Waals surface area contributed by atoms with Crippen molar-refractivity contribution in [2.75, 3.05) is 33.4 Å². The van der Waals surface area contributed by atoms with Crippen LogP contribution in [0, 0.1) is 6.92 Å². The van der Waals surface area contributed by atoms with Gasteiger partial charge in [0.05, 0.1) is 25.2 Å². The van der Waals surface area contributed by atoms with Crippen LogP contribution in [-0.2, 0) is 21.4 Å². The quantitative estimate of drug-likeness (QED) is 0.597. The predicted molar refractivity (Wildman–Crippen MR) is 105 cm³/mol. The number of nitrogens with zero attached hydrogens (tertiary/aromatic N) is 4. The molecule has 1 aliphatic heterocycles. The van der Waals surface area contributed by atoms with E-state index in [1.807, 2.05) is 25.1 Å². The number of hydrogen-bond donors (Lipinski definition) is 0. The smallest absolute Gasteiger partial charge is 0.243 e. The largest absolute Gasteiger partial charge is 0.496 e. The van der Waals surface area contributed by atoms with E-state index < -0.39 is 10.0 Å². The number of ether oxygens (including phenoxy) is 2. The molecule has 154 valence electrons. The van der Waals surface area contributed by atoms with Crippen molar-refractivity contribution in [3.63, 3.8) is 0 Å². The highest BCUT2D eigenvalue weighted by atomic mass is 32.2. The molecule has 0 amide bonds. The molecule has 0 N–H and O–H groups in total. The third-order valence-corrected chi connectivity index (χ3v) is 6.67. The van der Waals surface area contributed by atoms with E-state index in [-0.39, 0.29) is 11.5 Å². The molecule has 1 fully saturated rings. The van der Waals surface area contributed by atoms with Crippen LogP contribution in [0.15, 0.2) is 41.3 Å². The molecule has 1 aromatic heterocycles. The third kappa shape index (κ3) is 3.91. The summed E-state index contributed by atoms with van der Waals surface area (Å²) in [6, 6.07) is 10.5. The summed E-state index contributed by atoms with van der Waals surface area (Å²) < 4.78 is 37.9. The fourth-order valence-electron chi connectivity index (χ4n) is 3.22. The first-order valence-electron chi connectivity index (χ1n) is 9.19. The average Bonchev–Trinajstić information content (AvgIpc) is 3.15. The van der Waals surface area contributed by atoms with Gasteiger partial charge in [-0.05, 0) is 42.5 Å². The number of morpholine rings is 1. The Morgan fingerprint density at radius 2 is 1.93 bits per heavy atom. The van der Waals surface area contributed by atoms with Crippen LogP contribution in [0.5, 0.6) is 5.75 Å². The Bertz CT molecular complexity index is 1120. The molecular formula is C19H22N4O5S. The van der Waals surface area contributed by atoms with Crippen molar-refractivity contribution in [1.82, 2.24) is 19.5 Å². The third-order valence-electron chi connectivity index (χ3n) is 4.77. The van der Waals surface area contributed by atoms with Crippen LogP contribution in [0.3, 0.4) is 0 Å². The van der Waals surface area contributed by atoms with Crippen LogP contribution in [-0.4, -0.2) is 61.3 Å². The van der Waals surface area contributed by atoms with Gasteiger partial charge in [-0.3, -0.25) is 0 Å². The number of hydrogen-bond acceptors (Lipinski definition) is 7. The maximum atomic E-state index is 12.9. The second-order valence-electron chi connectivity index (χ2n) is 6.72. The Morgan fingerprint density at radius 1 is 1.14 bits per heavy atom. The summed E-state index contributed by atoms with van der Waals surface area (Å²) >= 11 is 0. The minimum Gasteiger partial charge on any atom is -0.496 e. The number of sulfonamides is 1. The van der Waals surface area contributed by atoms with Gasteiger partial charge in [-0.25, -0.2) is 8.42 Å². The van der Waals surface area contributed by atoms with Crippen molar-refractivity contribution < 1.29 is 22.7 Å². The highest BCUT2D eigenvalue weighted by molar-refractivity contribution is 7.89. The van der Waals surface area contributed by atoms with Crippen molar-refractivity contribution >= 4 is 21.1 Å². The molecule has 2 heterocycles. The fourth-order valence-corrected chi connectivity index (χ4v) is 4.65. The van der Waals surface area contributed by atoms with E-state index >= 15 is 0 Å². The minimum absolute atomic E-state index is 0.173. The first-order chi connectivity index (χ1) is 14.0. The Morgan fingerprint density at radius 3 is 2.69 bits per heavy atom. The van der Waals surface area contributed by atoms with E-state index in [1.165, 1.54) is 21.3 Å². The van der Waals surface area contributed by atoms with Crippen LogP contribution >= 0.6 is 0 Å². The molecule has 9 nitrogen and oxygen atoms in total. The zero-order chi connectivity index (χ0) is 20.4. The Hall–Kier alpha value is -2.69. The molecule has 0 saturated carbocycles. The van der Waals surface area contributed by atoms with Crippen LogP contribution in [0.4, 0.5) is 0 Å². The Kier molecular flexibility index (Phi) is 5.39. The summed E-state index contributed by atoms with van der Waals surface area (Å²) in [6.07, 6.45) is 0. The lowest BCUT2D eigenvalue weighted by Gasteiger charge is -2.26. The van der Waals surface area contributed by atoms with Crippen molar-refractivity contribution in [1.29, 1.82) is 0 Å². The van der Waals surface area contributed by atoms with E-state index in [0.717, 1.165) is 11.1 Å². The summed E-state index contributed by atoms with van der Waals surface area (Å²) in [7, 11) is -2.02. The van der Waals surface area contributed by atoms with Crippen molar-refractivity contribution in [2.24, 2.45) is 0 Å². The van der Waals surface area contributed by atoms with Crippen LogP contribution in [0.1, 0.15) is 11.1 Å². The minimum atomic E-state index is -3.62. The van der Waals surface area contributed by atoms with Crippen LogP contribution in [0.25, 0.3) is 11.0 Å². The van der Waals surface area contributed by atoms with E-state index in [1.54, 1.807) is 13.2 Å². The van der Waals surface area contributed by atoms with Crippen LogP contribution in [0.2, 0.25) is 0 Å². The lowest BCUT2D eigenvalue weighted by Crippen LogP contribution is -2.40. The van der Waals surface area contributed by atoms with E-state index in [0.29, 0.717) is 43.1 Å². The summed E-state index contributed by atoms with van der Waals surface area (Å²) in [4.78, 5) is 7.21. The molecule has 1 saturated heterocycles. The average molecular weight is 418 g/mol. The normalized spacial score (nSPS) is 15.5. The predicted octanol–water partition coefficient (Wildman–Crippen LogP) is 1.40. The highest BCUT2D eigenvalue weighted by Crippen LogP contribution is 2.23. The van der Waals surface area contributed by atoms with Gasteiger partial charge >= 0.3 is 0 Å². The Labute approximate surface area is 168 Å². The van der Waals surface area contributed by atoms with Gasteiger partial charge in [0.1, 0.15) is 23.4 Å². The number of aromatic nitrogens is 3. The summed E-state index contributed by atoms with van der Waals surface area (Å²) in [5, 5.41) is 8.05. The maximum Gasteiger partial charge on any atom is 0.243 e. The van der Waals surface area contributed by atoms with E-state index in [9.17, 15) is 8.42 Å². The highest BCUT2D eigenvalue weighted by Gasteiger charge is 2.27. The topological polar surface area (TPSA) is 95.8 Å². The number of benzene rings is 2. The van der Waals surface area contributed by atoms with Gasteiger partial charge in [-0.15, -0.1) is 5.10 Å². The number of aryl methyl sites for hydroxylation is 1. The number of rotatable bonds is 6. The van der Waals surface area contributed by atoms with E-state index in [4.69, 9.17) is 14.3 Å². The summed E-state index contributed by atoms with van der Waals surface area (Å²) in [5.74, 6) is 0.704. The van der Waals surface area contributed by atoms with Crippen molar-refractivity contribution in [3.8, 4) is 5.75 Å². The van der Waals surface area contributed by atoms with Crippen molar-refractivity contribution in [2.45, 2.75) is 18.4 Å². The first-order valence-corrected chi connectivity index (χ1v) is 10.6. The molecule has 10 heteroatoms. The summed E-state index contributed by atoms with van der Waals surface area (Å²) in [6.45, 7) is 3.63. The molecule has 0 unspecified atom stereocenters. The molecule has 0 atom stereocenters. The fraction of sp³-hybridized carbons (Fsp3) is 0.368. The van der Waals surface area contributed by atoms with Gasteiger partial charge < -0.3 is 14.3 Å². The monoisotopic (exact) mass is 418 g/mol. The summed E-state index contributed by atoms with van der Waals surface area (Å²) in [5.41, 5.74) is 2.95. The Balaban J connectivity index is 1.62. The SMILES string of the molecule is COc1ccc(C)cc1COn1nnc2ccc(S(=O)(=O)N3CCOCC3)cc21. The first kappa shape index (κ1) is 19.6. The zero-order valence-electron chi connectivity index (χ0n) is 16.2. The molecule has 0 aliphatic carbocycles. The molecule has 29 heavy (non-hydrogen) atoms. The lowest BCUT2D eigenvalue weighted by molar-refractivity contribution is 0.0727. The molecule has 1 aliphatic rings. The molecule has 0 spiro atoms. The molecule has 3 aromatic rings. The van der Waals surface area contributed by atoms with Gasteiger partial charge in [-0.1, -0.05) is 16.5 Å². The lowest BCUT2D eigenvalue weighted by atomic mass is 10.1. The second kappa shape index (κ2) is 7.97. The number of methoxy groups -OCH3 is 1. The van der Waals surface area contributed by atoms with Gasteiger partial charge in [0, 0.05) is 18.7 Å². The molecule has 0 radical (unpaired) electrons. The molecular weight excluding hydrogens is 396 g/mol. The molecule has 4 rings (SSSR count). The maximum absolute atomic E-state index is 12.9. The standard InChI is InChI=1S/C19H22N4O5S/c1-14-3-6-19(26-2)15(11-14)13-28-23-18-12-16(4-5-17(18)20-21-23)29(24,25)22-7-9-27-10-8-22/h3-6,11-12H,7-10,13H2,1-2H3. The van der Waals surface area contributed by atoms with Gasteiger partial charge in [0.25, 0.3) is 0 Å². The molecule has 2 aromatic carbocycles. The number of fused-ring (bicyclic) bond motifs is 1. The van der Waals surface area contributed by atoms with Crippen molar-refractivity contribution in [3.05, 3.63) is 47.5 Å². The molecule has 0 bridgehead atoms. The van der Waals surface area contributed by atoms with Crippen LogP contribution < -0.4 is 9.57 Å².